The van der Waals surface area contributed by atoms with Crippen LogP contribution in [0.15, 0.2) is 48.5 Å². The average Bonchev–Trinajstić information content (AvgIpc) is 3.50. The molecule has 3 heteroatoms. The Balaban J connectivity index is 0.000000640. The van der Waals surface area contributed by atoms with Crippen LogP contribution in [0.4, 0.5) is 0 Å². The molecule has 2 fully saturated rings. The maximum atomic E-state index is 2.57. The molecule has 0 aromatic heterocycles. The van der Waals surface area contributed by atoms with E-state index >= 15 is 0 Å². The molecular weight excluding hydrogens is 502 g/mol. The normalized spacial score (nSPS) is 18.3. The Morgan fingerprint density at radius 3 is 1.66 bits per heavy atom. The number of rotatable bonds is 6. The van der Waals surface area contributed by atoms with Gasteiger partial charge in [-0.3, -0.25) is 0 Å². The number of aryl methyl sites for hydroxylation is 1. The van der Waals surface area contributed by atoms with Crippen molar-refractivity contribution in [1.82, 2.24) is 0 Å². The minimum absolute atomic E-state index is 0. The van der Waals surface area contributed by atoms with Crippen LogP contribution in [0.5, 0.6) is 0 Å². The van der Waals surface area contributed by atoms with E-state index < -0.39 is 0 Å². The Hall–Kier alpha value is 0.0795. The summed E-state index contributed by atoms with van der Waals surface area (Å²) in [5.41, 5.74) is 3.79. The first-order valence-corrected chi connectivity index (χ1v) is 17.2. The van der Waals surface area contributed by atoms with Crippen LogP contribution in [0, 0.1) is 0 Å². The molecule has 198 valence electrons. The molecule has 0 unspecified atom stereocenters. The van der Waals surface area contributed by atoms with Gasteiger partial charge in [0.2, 0.25) is 0 Å². The van der Waals surface area contributed by atoms with Gasteiger partial charge >= 0.3 is 17.1 Å². The van der Waals surface area contributed by atoms with Gasteiger partial charge in [-0.05, 0) is 53.5 Å². The molecule has 2 aliphatic rings. The van der Waals surface area contributed by atoms with Gasteiger partial charge in [-0.2, -0.15) is 24.3 Å². The zero-order valence-electron chi connectivity index (χ0n) is 23.5. The molecule has 0 amide bonds. The first-order valence-electron chi connectivity index (χ1n) is 14.2. The zero-order chi connectivity index (χ0) is 24.6. The van der Waals surface area contributed by atoms with Gasteiger partial charge in [-0.25, -0.2) is 24.3 Å². The van der Waals surface area contributed by atoms with Crippen molar-refractivity contribution in [3.63, 3.8) is 0 Å². The summed E-state index contributed by atoms with van der Waals surface area (Å²) in [4.78, 5) is 0. The molecule has 0 saturated heterocycles. The molecule has 0 radical (unpaired) electrons. The van der Waals surface area contributed by atoms with Crippen molar-refractivity contribution in [3.8, 4) is 0 Å². The Labute approximate surface area is 231 Å². The second-order valence-corrected chi connectivity index (χ2v) is 19.4. The van der Waals surface area contributed by atoms with Crippen molar-refractivity contribution < 1.29 is 17.1 Å². The topological polar surface area (TPSA) is 0 Å². The molecule has 0 nitrogen and oxygen atoms in total. The van der Waals surface area contributed by atoms with Crippen molar-refractivity contribution in [3.05, 3.63) is 54.1 Å². The maximum absolute atomic E-state index is 2.57. The van der Waals surface area contributed by atoms with Crippen LogP contribution in [-0.4, -0.2) is 27.8 Å². The molecule has 35 heavy (non-hydrogen) atoms. The predicted octanol–water partition coefficient (Wildman–Crippen LogP) is 10.2. The van der Waals surface area contributed by atoms with E-state index in [4.69, 9.17) is 0 Å². The average molecular weight is 555 g/mol. The SMILES string of the molecule is CC(C)(C)P(CC[c-]1cccc1P(C1CCCCC1)C1CCCCC1)C(C)(C)C.[Fe+2].c1cc[cH-]c1. The van der Waals surface area contributed by atoms with Gasteiger partial charge in [0.15, 0.2) is 0 Å². The molecule has 2 saturated carbocycles. The molecule has 2 aliphatic carbocycles. The third-order valence-corrected chi connectivity index (χ3v) is 15.4. The molecule has 0 heterocycles. The van der Waals surface area contributed by atoms with E-state index in [0.717, 1.165) is 11.3 Å². The van der Waals surface area contributed by atoms with Crippen LogP contribution in [0.2, 0.25) is 0 Å². The maximum Gasteiger partial charge on any atom is 2.00 e. The zero-order valence-corrected chi connectivity index (χ0v) is 26.4. The largest absolute Gasteiger partial charge is 2.00 e. The first-order chi connectivity index (χ1) is 16.2. The Kier molecular flexibility index (Phi) is 13.3. The van der Waals surface area contributed by atoms with Crippen molar-refractivity contribution in [2.75, 3.05) is 6.16 Å². The third kappa shape index (κ3) is 9.72. The minimum Gasteiger partial charge on any atom is -0.214 e. The molecule has 0 N–H and O–H groups in total. The summed E-state index contributed by atoms with van der Waals surface area (Å²) in [5, 5.41) is 2.73. The van der Waals surface area contributed by atoms with Crippen molar-refractivity contribution in [1.29, 1.82) is 0 Å². The molecule has 0 bridgehead atoms. The summed E-state index contributed by atoms with van der Waals surface area (Å²) >= 11 is 0. The Bertz CT molecular complexity index is 731. The van der Waals surface area contributed by atoms with Gasteiger partial charge in [-0.15, -0.1) is 10.9 Å². The van der Waals surface area contributed by atoms with Gasteiger partial charge in [0, 0.05) is 0 Å². The quantitative estimate of drug-likeness (QED) is 0.189. The van der Waals surface area contributed by atoms with Crippen LogP contribution in [0.1, 0.15) is 111 Å². The second kappa shape index (κ2) is 14.9. The van der Waals surface area contributed by atoms with E-state index in [1.165, 1.54) is 76.8 Å². The Morgan fingerprint density at radius 2 is 1.26 bits per heavy atom. The fourth-order valence-electron chi connectivity index (χ4n) is 6.55. The van der Waals surface area contributed by atoms with Crippen LogP contribution in [-0.2, 0) is 23.5 Å². The van der Waals surface area contributed by atoms with E-state index in [2.05, 4.69) is 59.7 Å². The van der Waals surface area contributed by atoms with Gasteiger partial charge in [0.05, 0.1) is 0 Å². The molecule has 4 rings (SSSR count). The molecule has 0 spiro atoms. The smallest absolute Gasteiger partial charge is 0.214 e. The third-order valence-electron chi connectivity index (χ3n) is 7.87. The van der Waals surface area contributed by atoms with Crippen molar-refractivity contribution in [2.45, 2.75) is 134 Å². The molecule has 0 aliphatic heterocycles. The summed E-state index contributed by atoms with van der Waals surface area (Å²) in [6.07, 6.45) is 17.7. The van der Waals surface area contributed by atoms with E-state index in [0.29, 0.717) is 10.3 Å². The fraction of sp³-hybridized carbons (Fsp3) is 0.688. The number of hydrogen-bond donors (Lipinski definition) is 0. The van der Waals surface area contributed by atoms with Gasteiger partial charge in [0.1, 0.15) is 0 Å². The van der Waals surface area contributed by atoms with E-state index in [-0.39, 0.29) is 32.9 Å². The van der Waals surface area contributed by atoms with Crippen molar-refractivity contribution in [2.24, 2.45) is 0 Å². The summed E-state index contributed by atoms with van der Waals surface area (Å²) in [6.45, 7) is 14.9. The van der Waals surface area contributed by atoms with Gasteiger partial charge in [-0.1, -0.05) is 102 Å². The van der Waals surface area contributed by atoms with Crippen LogP contribution >= 0.6 is 15.8 Å². The molecule has 2 aromatic rings. The van der Waals surface area contributed by atoms with E-state index in [1.54, 1.807) is 5.56 Å². The predicted molar refractivity (Wildman–Crippen MR) is 159 cm³/mol. The second-order valence-electron chi connectivity index (χ2n) is 12.6. The monoisotopic (exact) mass is 554 g/mol. The molecule has 0 atom stereocenters. The van der Waals surface area contributed by atoms with Gasteiger partial charge in [0.25, 0.3) is 0 Å². The van der Waals surface area contributed by atoms with E-state index in [9.17, 15) is 0 Å². The van der Waals surface area contributed by atoms with Crippen LogP contribution in [0.3, 0.4) is 0 Å². The minimum atomic E-state index is -0.000952. The van der Waals surface area contributed by atoms with Gasteiger partial charge < -0.3 is 0 Å². The first kappa shape index (κ1) is 31.3. The summed E-state index contributed by atoms with van der Waals surface area (Å²) < 4.78 is 0. The summed E-state index contributed by atoms with van der Waals surface area (Å²) in [7, 11) is 0.0434. The molecule has 2 aromatic carbocycles. The van der Waals surface area contributed by atoms with Crippen LogP contribution in [0.25, 0.3) is 0 Å². The van der Waals surface area contributed by atoms with Crippen molar-refractivity contribution >= 4 is 21.1 Å². The van der Waals surface area contributed by atoms with E-state index in [1.807, 2.05) is 35.6 Å². The molecular formula is C32H52FeP2. The number of hydrogen-bond acceptors (Lipinski definition) is 0. The Morgan fingerprint density at radius 1 is 0.771 bits per heavy atom. The standard InChI is InChI=1S/C27H47P2.C5H5.Fe/c1-26(2,3)28(27(4,5)6)21-20-22-14-13-19-25(22)29(23-15-9-7-10-16-23)24-17-11-8-12-18-24;1-2-4-5-3-1;/h13-14,19,23-24H,7-12,15-18,20-21H2,1-6H3;1-5H;/q2*-1;+2. The summed E-state index contributed by atoms with van der Waals surface area (Å²) in [5.74, 6) is 0. The fourth-order valence-corrected chi connectivity index (χ4v) is 14.4. The van der Waals surface area contributed by atoms with Crippen LogP contribution < -0.4 is 5.30 Å². The summed E-state index contributed by atoms with van der Waals surface area (Å²) in [6, 6.07) is 17.5.